The minimum atomic E-state index is -0.143. The van der Waals surface area contributed by atoms with Crippen LogP contribution in [0.1, 0.15) is 23.7 Å². The van der Waals surface area contributed by atoms with Gasteiger partial charge in [-0.3, -0.25) is 4.79 Å². The van der Waals surface area contributed by atoms with Crippen LogP contribution < -0.4 is 14.8 Å². The van der Waals surface area contributed by atoms with Crippen molar-refractivity contribution >= 4 is 16.9 Å². The Balaban J connectivity index is 1.50. The van der Waals surface area contributed by atoms with Crippen molar-refractivity contribution in [2.24, 2.45) is 0 Å². The van der Waals surface area contributed by atoms with E-state index in [1.807, 2.05) is 30.3 Å². The van der Waals surface area contributed by atoms with E-state index in [2.05, 4.69) is 22.2 Å². The fraction of sp³-hybridized carbons (Fsp3) is 0.263. The molecule has 6 nitrogen and oxygen atoms in total. The molecule has 0 radical (unpaired) electrons. The van der Waals surface area contributed by atoms with E-state index in [0.717, 1.165) is 23.2 Å². The van der Waals surface area contributed by atoms with Crippen LogP contribution in [0, 0.1) is 0 Å². The number of fused-ring (bicyclic) bond motifs is 1. The molecule has 2 aromatic carbocycles. The third-order valence-electron chi connectivity index (χ3n) is 3.64. The number of rotatable bonds is 8. The lowest BCUT2D eigenvalue weighted by atomic mass is 10.2. The fourth-order valence-corrected chi connectivity index (χ4v) is 2.41. The molecule has 0 saturated carbocycles. The van der Waals surface area contributed by atoms with E-state index >= 15 is 0 Å². The van der Waals surface area contributed by atoms with Gasteiger partial charge in [0.2, 0.25) is 0 Å². The molecule has 0 saturated heterocycles. The first-order valence-corrected chi connectivity index (χ1v) is 8.34. The van der Waals surface area contributed by atoms with E-state index < -0.39 is 0 Å². The minimum absolute atomic E-state index is 0.143. The molecule has 0 atom stereocenters. The molecule has 3 rings (SSSR count). The summed E-state index contributed by atoms with van der Waals surface area (Å²) in [5, 5.41) is 2.85. The predicted octanol–water partition coefficient (Wildman–Crippen LogP) is 3.16. The molecule has 1 aromatic heterocycles. The van der Waals surface area contributed by atoms with Crippen LogP contribution in [0.5, 0.6) is 11.5 Å². The minimum Gasteiger partial charge on any atom is -0.490 e. The third-order valence-corrected chi connectivity index (χ3v) is 3.64. The van der Waals surface area contributed by atoms with Gasteiger partial charge in [0.25, 0.3) is 5.91 Å². The lowest BCUT2D eigenvalue weighted by molar-refractivity contribution is 0.0947. The molecule has 0 spiro atoms. The van der Waals surface area contributed by atoms with Gasteiger partial charge in [-0.15, -0.1) is 0 Å². The molecular formula is C19H21N3O3. The molecule has 130 valence electrons. The third kappa shape index (κ3) is 4.29. The molecule has 0 unspecified atom stereocenters. The van der Waals surface area contributed by atoms with Crippen LogP contribution in [0.15, 0.2) is 48.8 Å². The molecule has 1 heterocycles. The van der Waals surface area contributed by atoms with Crippen LogP contribution in [-0.2, 0) is 0 Å². The van der Waals surface area contributed by atoms with E-state index in [1.165, 1.54) is 0 Å². The Morgan fingerprint density at radius 3 is 2.64 bits per heavy atom. The summed E-state index contributed by atoms with van der Waals surface area (Å²) in [4.78, 5) is 19.3. The van der Waals surface area contributed by atoms with E-state index in [4.69, 9.17) is 9.47 Å². The molecule has 3 aromatic rings. The maximum absolute atomic E-state index is 12.2. The number of amides is 1. The highest BCUT2D eigenvalue weighted by Crippen LogP contribution is 2.26. The Morgan fingerprint density at radius 1 is 1.12 bits per heavy atom. The highest BCUT2D eigenvalue weighted by Gasteiger charge is 2.08. The summed E-state index contributed by atoms with van der Waals surface area (Å²) in [5.41, 5.74) is 2.26. The number of aromatic amines is 1. The molecule has 1 amide bonds. The zero-order valence-corrected chi connectivity index (χ0v) is 14.1. The summed E-state index contributed by atoms with van der Waals surface area (Å²) >= 11 is 0. The van der Waals surface area contributed by atoms with E-state index in [-0.39, 0.29) is 5.91 Å². The molecule has 0 fully saturated rings. The first-order chi connectivity index (χ1) is 12.3. The Morgan fingerprint density at radius 2 is 1.88 bits per heavy atom. The largest absolute Gasteiger partial charge is 0.490 e. The van der Waals surface area contributed by atoms with Gasteiger partial charge < -0.3 is 19.8 Å². The number of carbonyl (C=O) groups excluding carboxylic acids is 1. The molecule has 2 N–H and O–H groups in total. The lowest BCUT2D eigenvalue weighted by Crippen LogP contribution is -2.28. The standard InChI is InChI=1S/C19H21N3O3/c1-2-10-24-17-5-3-4-6-18(17)25-11-9-20-19(23)14-7-8-15-16(12-14)22-13-21-15/h3-8,12-13H,2,9-11H2,1H3,(H,20,23)(H,21,22). The summed E-state index contributed by atoms with van der Waals surface area (Å²) in [6, 6.07) is 12.9. The van der Waals surface area contributed by atoms with Crippen molar-refractivity contribution < 1.29 is 14.3 Å². The maximum atomic E-state index is 12.2. The highest BCUT2D eigenvalue weighted by atomic mass is 16.5. The Labute approximate surface area is 146 Å². The molecule has 0 aliphatic carbocycles. The van der Waals surface area contributed by atoms with Gasteiger partial charge in [-0.1, -0.05) is 19.1 Å². The summed E-state index contributed by atoms with van der Waals surface area (Å²) in [6.07, 6.45) is 2.54. The van der Waals surface area contributed by atoms with Crippen molar-refractivity contribution in [2.45, 2.75) is 13.3 Å². The fourth-order valence-electron chi connectivity index (χ4n) is 2.41. The van der Waals surface area contributed by atoms with Crippen LogP contribution in [0.4, 0.5) is 0 Å². The van der Waals surface area contributed by atoms with Crippen LogP contribution in [0.3, 0.4) is 0 Å². The van der Waals surface area contributed by atoms with Crippen LogP contribution >= 0.6 is 0 Å². The number of aromatic nitrogens is 2. The number of hydrogen-bond acceptors (Lipinski definition) is 4. The number of ether oxygens (including phenoxy) is 2. The zero-order valence-electron chi connectivity index (χ0n) is 14.1. The average molecular weight is 339 g/mol. The second-order valence-electron chi connectivity index (χ2n) is 5.53. The lowest BCUT2D eigenvalue weighted by Gasteiger charge is -2.12. The highest BCUT2D eigenvalue weighted by molar-refractivity contribution is 5.97. The van der Waals surface area contributed by atoms with Crippen molar-refractivity contribution in [1.29, 1.82) is 0 Å². The van der Waals surface area contributed by atoms with E-state index in [0.29, 0.717) is 31.1 Å². The van der Waals surface area contributed by atoms with Crippen LogP contribution in [0.25, 0.3) is 11.0 Å². The van der Waals surface area contributed by atoms with Gasteiger partial charge in [0, 0.05) is 5.56 Å². The maximum Gasteiger partial charge on any atom is 0.251 e. The topological polar surface area (TPSA) is 76.2 Å². The second-order valence-corrected chi connectivity index (χ2v) is 5.53. The number of benzene rings is 2. The van der Waals surface area contributed by atoms with Crippen LogP contribution in [0.2, 0.25) is 0 Å². The van der Waals surface area contributed by atoms with Gasteiger partial charge in [-0.05, 0) is 36.8 Å². The number of hydrogen-bond donors (Lipinski definition) is 2. The number of nitrogens with zero attached hydrogens (tertiary/aromatic N) is 1. The first-order valence-electron chi connectivity index (χ1n) is 8.34. The molecular weight excluding hydrogens is 318 g/mol. The van der Waals surface area contributed by atoms with Crippen molar-refractivity contribution in [3.8, 4) is 11.5 Å². The summed E-state index contributed by atoms with van der Waals surface area (Å²) in [5.74, 6) is 1.26. The first kappa shape index (κ1) is 16.8. The quantitative estimate of drug-likeness (QED) is 0.618. The van der Waals surface area contributed by atoms with Gasteiger partial charge in [-0.25, -0.2) is 4.98 Å². The molecule has 25 heavy (non-hydrogen) atoms. The zero-order chi connectivity index (χ0) is 17.5. The Bertz CT molecular complexity index is 845. The SMILES string of the molecule is CCCOc1ccccc1OCCNC(=O)c1ccc2nc[nH]c2c1. The van der Waals surface area contributed by atoms with Gasteiger partial charge in [-0.2, -0.15) is 0 Å². The summed E-state index contributed by atoms with van der Waals surface area (Å²) in [6.45, 7) is 3.47. The number of para-hydroxylation sites is 2. The monoisotopic (exact) mass is 339 g/mol. The summed E-state index contributed by atoms with van der Waals surface area (Å²) < 4.78 is 11.4. The normalized spacial score (nSPS) is 10.6. The van der Waals surface area contributed by atoms with Gasteiger partial charge in [0.1, 0.15) is 6.61 Å². The molecule has 6 heteroatoms. The predicted molar refractivity (Wildman–Crippen MR) is 96.1 cm³/mol. The average Bonchev–Trinajstić information content (AvgIpc) is 3.12. The number of nitrogens with one attached hydrogen (secondary N) is 2. The number of imidazole rings is 1. The Kier molecular flexibility index (Phi) is 5.51. The smallest absolute Gasteiger partial charge is 0.251 e. The number of H-pyrrole nitrogens is 1. The van der Waals surface area contributed by atoms with Gasteiger partial charge in [0.15, 0.2) is 11.5 Å². The Hall–Kier alpha value is -3.02. The second kappa shape index (κ2) is 8.19. The molecule has 0 bridgehead atoms. The van der Waals surface area contributed by atoms with E-state index in [1.54, 1.807) is 18.5 Å². The molecule has 0 aliphatic rings. The number of carbonyl (C=O) groups is 1. The van der Waals surface area contributed by atoms with Crippen LogP contribution in [-0.4, -0.2) is 35.6 Å². The molecule has 0 aliphatic heterocycles. The van der Waals surface area contributed by atoms with Crippen molar-refractivity contribution in [1.82, 2.24) is 15.3 Å². The van der Waals surface area contributed by atoms with E-state index in [9.17, 15) is 4.79 Å². The van der Waals surface area contributed by atoms with Crippen molar-refractivity contribution in [3.05, 3.63) is 54.4 Å². The summed E-state index contributed by atoms with van der Waals surface area (Å²) in [7, 11) is 0. The van der Waals surface area contributed by atoms with Gasteiger partial charge >= 0.3 is 0 Å². The van der Waals surface area contributed by atoms with Crippen molar-refractivity contribution in [2.75, 3.05) is 19.8 Å². The van der Waals surface area contributed by atoms with Crippen molar-refractivity contribution in [3.63, 3.8) is 0 Å². The van der Waals surface area contributed by atoms with Gasteiger partial charge in [0.05, 0.1) is 30.5 Å².